The van der Waals surface area contributed by atoms with Gasteiger partial charge in [-0.05, 0) is 24.6 Å². The number of carbonyl (C=O) groups excluding carboxylic acids is 1. The average molecular weight is 268 g/mol. The molecule has 2 aromatic carbocycles. The number of nitrogens with one attached hydrogen (secondary N) is 1. The minimum absolute atomic E-state index is 0.0210. The van der Waals surface area contributed by atoms with Crippen LogP contribution in [0, 0.1) is 0 Å². The van der Waals surface area contributed by atoms with Gasteiger partial charge in [0.2, 0.25) is 5.91 Å². The standard InChI is InChI=1S/C17H20N2O/c1-14(15-9-5-3-6-10-15)18-17(20)13-19(2)16-11-7-4-8-12-16/h3-12,14H,13H2,1-2H3,(H,18,20)/t14-/m0/s1. The van der Waals surface area contributed by atoms with E-state index in [1.807, 2.05) is 79.5 Å². The number of carbonyl (C=O) groups is 1. The monoisotopic (exact) mass is 268 g/mol. The third kappa shape index (κ3) is 3.85. The van der Waals surface area contributed by atoms with Gasteiger partial charge in [-0.1, -0.05) is 48.5 Å². The van der Waals surface area contributed by atoms with Gasteiger partial charge in [-0.3, -0.25) is 4.79 Å². The Bertz CT molecular complexity index is 490. The van der Waals surface area contributed by atoms with E-state index in [4.69, 9.17) is 0 Å². The third-order valence-electron chi connectivity index (χ3n) is 3.25. The van der Waals surface area contributed by atoms with Gasteiger partial charge < -0.3 is 10.2 Å². The molecule has 0 aliphatic carbocycles. The summed E-state index contributed by atoms with van der Waals surface area (Å²) < 4.78 is 0. The molecule has 2 rings (SSSR count). The Kier molecular flexibility index (Phi) is 4.77. The summed E-state index contributed by atoms with van der Waals surface area (Å²) in [5.74, 6) is 0.0210. The first-order valence-corrected chi connectivity index (χ1v) is 6.77. The molecule has 0 aliphatic rings. The number of likely N-dealkylation sites (N-methyl/N-ethyl adjacent to an activating group) is 1. The van der Waals surface area contributed by atoms with Crippen molar-refractivity contribution in [2.24, 2.45) is 0 Å². The summed E-state index contributed by atoms with van der Waals surface area (Å²) in [4.78, 5) is 14.0. The summed E-state index contributed by atoms with van der Waals surface area (Å²) in [7, 11) is 1.92. The lowest BCUT2D eigenvalue weighted by molar-refractivity contribution is -0.120. The van der Waals surface area contributed by atoms with Crippen molar-refractivity contribution >= 4 is 11.6 Å². The van der Waals surface area contributed by atoms with Crippen molar-refractivity contribution in [3.05, 3.63) is 66.2 Å². The lowest BCUT2D eigenvalue weighted by atomic mass is 10.1. The number of anilines is 1. The van der Waals surface area contributed by atoms with Gasteiger partial charge in [-0.15, -0.1) is 0 Å². The van der Waals surface area contributed by atoms with Crippen LogP contribution in [0.2, 0.25) is 0 Å². The zero-order chi connectivity index (χ0) is 14.4. The van der Waals surface area contributed by atoms with Crippen LogP contribution in [0.1, 0.15) is 18.5 Å². The summed E-state index contributed by atoms with van der Waals surface area (Å²) in [6, 6.07) is 19.9. The maximum Gasteiger partial charge on any atom is 0.239 e. The van der Waals surface area contributed by atoms with Crippen molar-refractivity contribution < 1.29 is 4.79 Å². The first-order valence-electron chi connectivity index (χ1n) is 6.77. The van der Waals surface area contributed by atoms with Crippen molar-refractivity contribution in [2.75, 3.05) is 18.5 Å². The summed E-state index contributed by atoms with van der Waals surface area (Å²) >= 11 is 0. The summed E-state index contributed by atoms with van der Waals surface area (Å²) in [6.45, 7) is 2.34. The van der Waals surface area contributed by atoms with Gasteiger partial charge in [-0.2, -0.15) is 0 Å². The second kappa shape index (κ2) is 6.75. The predicted molar refractivity (Wildman–Crippen MR) is 82.7 cm³/mol. The minimum Gasteiger partial charge on any atom is -0.365 e. The van der Waals surface area contributed by atoms with Crippen molar-refractivity contribution in [1.82, 2.24) is 5.32 Å². The molecule has 20 heavy (non-hydrogen) atoms. The molecule has 3 heteroatoms. The second-order valence-electron chi connectivity index (χ2n) is 4.89. The fourth-order valence-corrected chi connectivity index (χ4v) is 2.10. The van der Waals surface area contributed by atoms with E-state index in [1.165, 1.54) is 0 Å². The fraction of sp³-hybridized carbons (Fsp3) is 0.235. The molecule has 104 valence electrons. The molecule has 0 bridgehead atoms. The van der Waals surface area contributed by atoms with Crippen LogP contribution >= 0.6 is 0 Å². The molecular weight excluding hydrogens is 248 g/mol. The number of hydrogen-bond donors (Lipinski definition) is 1. The van der Waals surface area contributed by atoms with Crippen LogP contribution < -0.4 is 10.2 Å². The summed E-state index contributed by atoms with van der Waals surface area (Å²) in [6.07, 6.45) is 0. The van der Waals surface area contributed by atoms with Crippen LogP contribution in [0.15, 0.2) is 60.7 Å². The molecule has 0 radical (unpaired) electrons. The van der Waals surface area contributed by atoms with Crippen molar-refractivity contribution in [3.8, 4) is 0 Å². The molecule has 1 atom stereocenters. The minimum atomic E-state index is 0.0210. The lowest BCUT2D eigenvalue weighted by Crippen LogP contribution is -2.36. The van der Waals surface area contributed by atoms with Crippen LogP contribution in [-0.2, 0) is 4.79 Å². The Morgan fingerprint density at radius 1 is 1.05 bits per heavy atom. The number of rotatable bonds is 5. The maximum absolute atomic E-state index is 12.1. The van der Waals surface area contributed by atoms with Crippen LogP contribution in [-0.4, -0.2) is 19.5 Å². The Labute approximate surface area is 120 Å². The highest BCUT2D eigenvalue weighted by Crippen LogP contribution is 2.12. The number of amides is 1. The smallest absolute Gasteiger partial charge is 0.239 e. The van der Waals surface area contributed by atoms with Gasteiger partial charge in [0.1, 0.15) is 0 Å². The number of benzene rings is 2. The lowest BCUT2D eigenvalue weighted by Gasteiger charge is -2.21. The molecule has 0 unspecified atom stereocenters. The largest absolute Gasteiger partial charge is 0.365 e. The van der Waals surface area contributed by atoms with E-state index in [1.54, 1.807) is 0 Å². The Morgan fingerprint density at radius 2 is 1.60 bits per heavy atom. The van der Waals surface area contributed by atoms with Gasteiger partial charge in [0.25, 0.3) is 0 Å². The molecule has 0 spiro atoms. The SMILES string of the molecule is C[C@H](NC(=O)CN(C)c1ccccc1)c1ccccc1. The molecule has 0 saturated carbocycles. The molecule has 3 nitrogen and oxygen atoms in total. The first-order chi connectivity index (χ1) is 9.66. The predicted octanol–water partition coefficient (Wildman–Crippen LogP) is 3.00. The zero-order valence-corrected chi connectivity index (χ0v) is 11.9. The van der Waals surface area contributed by atoms with Gasteiger partial charge in [0.15, 0.2) is 0 Å². The van der Waals surface area contributed by atoms with Crippen LogP contribution in [0.3, 0.4) is 0 Å². The van der Waals surface area contributed by atoms with E-state index in [0.29, 0.717) is 6.54 Å². The highest BCUT2D eigenvalue weighted by atomic mass is 16.2. The van der Waals surface area contributed by atoms with E-state index in [9.17, 15) is 4.79 Å². The van der Waals surface area contributed by atoms with Crippen LogP contribution in [0.5, 0.6) is 0 Å². The fourth-order valence-electron chi connectivity index (χ4n) is 2.10. The molecule has 0 aromatic heterocycles. The average Bonchev–Trinajstić information content (AvgIpc) is 2.49. The number of nitrogens with zero attached hydrogens (tertiary/aromatic N) is 1. The zero-order valence-electron chi connectivity index (χ0n) is 11.9. The van der Waals surface area contributed by atoms with Gasteiger partial charge >= 0.3 is 0 Å². The van der Waals surface area contributed by atoms with Crippen LogP contribution in [0.25, 0.3) is 0 Å². The van der Waals surface area contributed by atoms with E-state index in [0.717, 1.165) is 11.3 Å². The maximum atomic E-state index is 12.1. The molecular formula is C17H20N2O. The Hall–Kier alpha value is -2.29. The van der Waals surface area contributed by atoms with E-state index in [-0.39, 0.29) is 11.9 Å². The second-order valence-corrected chi connectivity index (χ2v) is 4.89. The molecule has 0 saturated heterocycles. The Morgan fingerprint density at radius 3 is 2.20 bits per heavy atom. The molecule has 2 aromatic rings. The van der Waals surface area contributed by atoms with E-state index >= 15 is 0 Å². The molecule has 0 fully saturated rings. The van der Waals surface area contributed by atoms with Crippen molar-refractivity contribution in [1.29, 1.82) is 0 Å². The molecule has 0 heterocycles. The molecule has 1 N–H and O–H groups in total. The highest BCUT2D eigenvalue weighted by molar-refractivity contribution is 5.81. The van der Waals surface area contributed by atoms with Gasteiger partial charge in [0, 0.05) is 12.7 Å². The molecule has 0 aliphatic heterocycles. The first kappa shape index (κ1) is 14.1. The van der Waals surface area contributed by atoms with Gasteiger partial charge in [0.05, 0.1) is 12.6 Å². The number of para-hydroxylation sites is 1. The topological polar surface area (TPSA) is 32.3 Å². The van der Waals surface area contributed by atoms with Crippen LogP contribution in [0.4, 0.5) is 5.69 Å². The number of hydrogen-bond acceptors (Lipinski definition) is 2. The summed E-state index contributed by atoms with van der Waals surface area (Å²) in [5.41, 5.74) is 2.15. The van der Waals surface area contributed by atoms with Crippen molar-refractivity contribution in [3.63, 3.8) is 0 Å². The van der Waals surface area contributed by atoms with Crippen molar-refractivity contribution in [2.45, 2.75) is 13.0 Å². The summed E-state index contributed by atoms with van der Waals surface area (Å²) in [5, 5.41) is 3.02. The van der Waals surface area contributed by atoms with Gasteiger partial charge in [-0.25, -0.2) is 0 Å². The normalized spacial score (nSPS) is 11.7. The highest BCUT2D eigenvalue weighted by Gasteiger charge is 2.11. The Balaban J connectivity index is 1.90. The molecule has 1 amide bonds. The van der Waals surface area contributed by atoms with E-state index < -0.39 is 0 Å². The van der Waals surface area contributed by atoms with E-state index in [2.05, 4.69) is 5.32 Å². The quantitative estimate of drug-likeness (QED) is 0.904. The third-order valence-corrected chi connectivity index (χ3v) is 3.25.